The van der Waals surface area contributed by atoms with Gasteiger partial charge in [0, 0.05) is 44.2 Å². The van der Waals surface area contributed by atoms with Crippen LogP contribution in [0.1, 0.15) is 58.6 Å². The molecular weight excluding hydrogens is 512 g/mol. The highest BCUT2D eigenvalue weighted by Crippen LogP contribution is 2.27. The van der Waals surface area contributed by atoms with Crippen molar-refractivity contribution in [2.75, 3.05) is 33.2 Å². The van der Waals surface area contributed by atoms with Crippen LogP contribution in [0.4, 0.5) is 4.79 Å². The van der Waals surface area contributed by atoms with E-state index >= 15 is 0 Å². The zero-order valence-electron chi connectivity index (χ0n) is 24.3. The van der Waals surface area contributed by atoms with E-state index in [0.717, 1.165) is 24.4 Å². The Kier molecular flexibility index (Phi) is 11.4. The fraction of sp³-hybridized carbons (Fsp3) is 0.600. The molecular formula is C30H44N4O6. The molecule has 2 aliphatic heterocycles. The van der Waals surface area contributed by atoms with E-state index < -0.39 is 36.0 Å². The Labute approximate surface area is 237 Å². The molecule has 0 radical (unpaired) electrons. The first-order valence-electron chi connectivity index (χ1n) is 14.0. The highest BCUT2D eigenvalue weighted by Gasteiger charge is 2.36. The van der Waals surface area contributed by atoms with E-state index in [2.05, 4.69) is 15.1 Å². The fourth-order valence-corrected chi connectivity index (χ4v) is 4.75. The number of likely N-dealkylation sites (N-methyl/N-ethyl adjacent to an activating group) is 1. The number of aliphatic hydroxyl groups is 2. The van der Waals surface area contributed by atoms with Gasteiger partial charge in [-0.15, -0.1) is 0 Å². The van der Waals surface area contributed by atoms with Gasteiger partial charge in [-0.1, -0.05) is 38.2 Å². The monoisotopic (exact) mass is 556 g/mol. The summed E-state index contributed by atoms with van der Waals surface area (Å²) >= 11 is 0. The van der Waals surface area contributed by atoms with Crippen LogP contribution in [0.15, 0.2) is 54.3 Å². The van der Waals surface area contributed by atoms with E-state index in [1.54, 1.807) is 24.1 Å². The van der Waals surface area contributed by atoms with Crippen LogP contribution in [-0.2, 0) is 14.3 Å². The van der Waals surface area contributed by atoms with Crippen LogP contribution >= 0.6 is 0 Å². The molecule has 2 N–H and O–H groups in total. The molecule has 3 heterocycles. The highest BCUT2D eigenvalue weighted by molar-refractivity contribution is 5.70. The molecule has 10 heteroatoms. The largest absolute Gasteiger partial charge is 0.457 e. The summed E-state index contributed by atoms with van der Waals surface area (Å²) in [4.78, 5) is 29.5. The molecule has 0 aliphatic carbocycles. The number of nitrogens with zero attached hydrogens (tertiary/aromatic N) is 4. The summed E-state index contributed by atoms with van der Waals surface area (Å²) < 4.78 is 11.7. The van der Waals surface area contributed by atoms with Gasteiger partial charge in [-0.05, 0) is 57.5 Å². The zero-order valence-corrected chi connectivity index (χ0v) is 24.3. The second-order valence-corrected chi connectivity index (χ2v) is 11.2. The van der Waals surface area contributed by atoms with Crippen molar-refractivity contribution in [3.63, 3.8) is 0 Å². The van der Waals surface area contributed by atoms with Gasteiger partial charge in [-0.25, -0.2) is 4.79 Å². The highest BCUT2D eigenvalue weighted by atomic mass is 16.6. The Bertz CT molecular complexity index is 1070. The Morgan fingerprint density at radius 1 is 1.27 bits per heavy atom. The van der Waals surface area contributed by atoms with Crippen molar-refractivity contribution in [1.82, 2.24) is 20.0 Å². The van der Waals surface area contributed by atoms with E-state index in [4.69, 9.17) is 9.47 Å². The van der Waals surface area contributed by atoms with E-state index in [1.165, 1.54) is 0 Å². The normalized spacial score (nSPS) is 31.1. The molecule has 3 rings (SSSR count). The maximum atomic E-state index is 13.0. The number of ether oxygens (including phenoxy) is 2. The number of hydrogen-bond acceptors (Lipinski definition) is 9. The van der Waals surface area contributed by atoms with Gasteiger partial charge in [0.05, 0.1) is 18.2 Å². The SMILES string of the molecule is C/C(=C\C=C\C(C)c1cccnn1)[C@H]1OC(=O)C[C@H](O)CC[C@@](C)(O)[C@@H](OC(=O)N2CCN(C)CC2)/C=C\[C@@H]1C. The van der Waals surface area contributed by atoms with Crippen molar-refractivity contribution in [1.29, 1.82) is 0 Å². The third kappa shape index (κ3) is 9.25. The molecule has 1 aromatic rings. The number of aromatic nitrogens is 2. The van der Waals surface area contributed by atoms with Crippen molar-refractivity contribution in [3.05, 3.63) is 60.0 Å². The van der Waals surface area contributed by atoms with Crippen LogP contribution in [0.3, 0.4) is 0 Å². The predicted molar refractivity (Wildman–Crippen MR) is 151 cm³/mol. The van der Waals surface area contributed by atoms with Crippen LogP contribution in [0, 0.1) is 5.92 Å². The Balaban J connectivity index is 1.81. The van der Waals surface area contributed by atoms with Gasteiger partial charge in [-0.2, -0.15) is 10.2 Å². The van der Waals surface area contributed by atoms with Gasteiger partial charge in [0.2, 0.25) is 0 Å². The van der Waals surface area contributed by atoms with Gasteiger partial charge in [0.25, 0.3) is 0 Å². The smallest absolute Gasteiger partial charge is 0.410 e. The first-order valence-corrected chi connectivity index (χ1v) is 14.0. The van der Waals surface area contributed by atoms with Gasteiger partial charge >= 0.3 is 12.1 Å². The zero-order chi connectivity index (χ0) is 29.3. The van der Waals surface area contributed by atoms with Crippen LogP contribution in [-0.4, -0.2) is 99.4 Å². The molecule has 0 saturated carbocycles. The molecule has 0 bridgehead atoms. The van der Waals surface area contributed by atoms with E-state index in [9.17, 15) is 19.8 Å². The first-order chi connectivity index (χ1) is 19.0. The number of carbonyl (C=O) groups excluding carboxylic acids is 2. The van der Waals surface area contributed by atoms with Crippen LogP contribution in [0.5, 0.6) is 0 Å². The summed E-state index contributed by atoms with van der Waals surface area (Å²) in [7, 11) is 2.00. The number of piperazine rings is 1. The van der Waals surface area contributed by atoms with Crippen LogP contribution < -0.4 is 0 Å². The third-order valence-corrected chi connectivity index (χ3v) is 7.58. The molecule has 1 saturated heterocycles. The average Bonchev–Trinajstić information content (AvgIpc) is 2.92. The topological polar surface area (TPSA) is 125 Å². The van der Waals surface area contributed by atoms with Gasteiger partial charge < -0.3 is 29.5 Å². The molecule has 10 nitrogen and oxygen atoms in total. The summed E-state index contributed by atoms with van der Waals surface area (Å²) in [5.41, 5.74) is 0.205. The van der Waals surface area contributed by atoms with Crippen molar-refractivity contribution < 1.29 is 29.3 Å². The number of carbonyl (C=O) groups is 2. The predicted octanol–water partition coefficient (Wildman–Crippen LogP) is 3.24. The molecule has 220 valence electrons. The number of cyclic esters (lactones) is 1. The number of aliphatic hydroxyl groups excluding tert-OH is 1. The van der Waals surface area contributed by atoms with E-state index in [1.807, 2.05) is 64.3 Å². The Morgan fingerprint density at radius 3 is 2.67 bits per heavy atom. The molecule has 0 spiro atoms. The fourth-order valence-electron chi connectivity index (χ4n) is 4.75. The number of rotatable bonds is 5. The minimum atomic E-state index is -1.44. The molecule has 1 amide bonds. The Hall–Kier alpha value is -3.08. The number of allylic oxidation sites excluding steroid dienone is 3. The van der Waals surface area contributed by atoms with Crippen molar-refractivity contribution in [2.45, 2.75) is 76.8 Å². The average molecular weight is 557 g/mol. The summed E-state index contributed by atoms with van der Waals surface area (Å²) in [6.45, 7) is 9.98. The quantitative estimate of drug-likeness (QED) is 0.319. The van der Waals surface area contributed by atoms with Gasteiger partial charge in [0.1, 0.15) is 11.7 Å². The minimum absolute atomic E-state index is 0.0436. The van der Waals surface area contributed by atoms with Gasteiger partial charge in [0.15, 0.2) is 6.10 Å². The summed E-state index contributed by atoms with van der Waals surface area (Å²) in [5.74, 6) is -0.772. The van der Waals surface area contributed by atoms with Crippen molar-refractivity contribution in [3.8, 4) is 0 Å². The lowest BCUT2D eigenvalue weighted by atomic mass is 9.88. The summed E-state index contributed by atoms with van der Waals surface area (Å²) in [5, 5.41) is 29.9. The maximum absolute atomic E-state index is 13.0. The lowest BCUT2D eigenvalue weighted by Gasteiger charge is -2.36. The van der Waals surface area contributed by atoms with E-state index in [0.29, 0.717) is 13.1 Å². The molecule has 6 atom stereocenters. The molecule has 1 aromatic heterocycles. The van der Waals surface area contributed by atoms with Crippen molar-refractivity contribution in [2.24, 2.45) is 5.92 Å². The van der Waals surface area contributed by atoms with Crippen LogP contribution in [0.2, 0.25) is 0 Å². The molecule has 1 fully saturated rings. The summed E-state index contributed by atoms with van der Waals surface area (Å²) in [6.07, 6.45) is 7.94. The number of esters is 1. The Morgan fingerprint density at radius 2 is 2.00 bits per heavy atom. The molecule has 40 heavy (non-hydrogen) atoms. The van der Waals surface area contributed by atoms with Crippen molar-refractivity contribution >= 4 is 12.1 Å². The lowest BCUT2D eigenvalue weighted by molar-refractivity contribution is -0.151. The van der Waals surface area contributed by atoms with Crippen LogP contribution in [0.25, 0.3) is 0 Å². The number of hydrogen-bond donors (Lipinski definition) is 2. The number of amides is 1. The second kappa shape index (κ2) is 14.5. The minimum Gasteiger partial charge on any atom is -0.457 e. The standard InChI is InChI=1S/C30H44N4O6/c1-21(25-10-7-15-31-32-25)8-6-9-22(2)28-23(3)11-12-26(39-29(37)34-18-16-33(5)17-19-34)30(4,38)14-13-24(35)20-27(36)40-28/h6-12,15,21,23-24,26,28,35,38H,13-14,16-20H2,1-5H3/b8-6+,12-11-,22-9+/t21?,23-,24+,26-,28+,30+/m0/s1. The molecule has 1 unspecified atom stereocenters. The second-order valence-electron chi connectivity index (χ2n) is 11.2. The molecule has 2 aliphatic rings. The lowest BCUT2D eigenvalue weighted by Crippen LogP contribution is -2.50. The summed E-state index contributed by atoms with van der Waals surface area (Å²) in [6, 6.07) is 3.75. The van der Waals surface area contributed by atoms with Gasteiger partial charge in [-0.3, -0.25) is 4.79 Å². The first kappa shape index (κ1) is 31.4. The van der Waals surface area contributed by atoms with E-state index in [-0.39, 0.29) is 31.1 Å². The maximum Gasteiger partial charge on any atom is 0.410 e. The molecule has 0 aromatic carbocycles. The third-order valence-electron chi connectivity index (χ3n) is 7.58.